The van der Waals surface area contributed by atoms with Gasteiger partial charge in [0.2, 0.25) is 5.91 Å². The lowest BCUT2D eigenvalue weighted by atomic mass is 9.97. The Hall–Kier alpha value is -2.10. The Morgan fingerprint density at radius 2 is 2.09 bits per heavy atom. The van der Waals surface area contributed by atoms with Gasteiger partial charge in [-0.2, -0.15) is 0 Å². The van der Waals surface area contributed by atoms with Crippen LogP contribution in [0.3, 0.4) is 0 Å². The Balaban J connectivity index is 1.69. The first kappa shape index (κ1) is 17.3. The maximum atomic E-state index is 12.1. The van der Waals surface area contributed by atoms with Crippen LogP contribution in [0.1, 0.15) is 55.3 Å². The predicted octanol–water partition coefficient (Wildman–Crippen LogP) is 3.66. The standard InChI is InChI=1S/C19H25NO3/c1-23-17-9-5-8-16(14-17)18(21)10-11-19(22)20-13-12-15-6-3-2-4-7-15/h5-6,8-9,14H,2-4,7,10-13H2,1H3,(H,20,22). The van der Waals surface area contributed by atoms with Crippen LogP contribution in [0.4, 0.5) is 0 Å². The second kappa shape index (κ2) is 9.13. The Morgan fingerprint density at radius 3 is 2.83 bits per heavy atom. The summed E-state index contributed by atoms with van der Waals surface area (Å²) < 4.78 is 5.10. The number of carbonyl (C=O) groups is 2. The molecule has 0 fully saturated rings. The smallest absolute Gasteiger partial charge is 0.220 e. The molecule has 1 aliphatic carbocycles. The van der Waals surface area contributed by atoms with Crippen molar-refractivity contribution in [2.45, 2.75) is 44.9 Å². The zero-order valence-electron chi connectivity index (χ0n) is 13.8. The van der Waals surface area contributed by atoms with Crippen molar-refractivity contribution in [1.82, 2.24) is 5.32 Å². The number of rotatable bonds is 8. The molecule has 23 heavy (non-hydrogen) atoms. The van der Waals surface area contributed by atoms with Crippen LogP contribution in [0.5, 0.6) is 5.75 Å². The summed E-state index contributed by atoms with van der Waals surface area (Å²) in [6, 6.07) is 7.03. The van der Waals surface area contributed by atoms with E-state index in [4.69, 9.17) is 4.74 Å². The highest BCUT2D eigenvalue weighted by Crippen LogP contribution is 2.19. The van der Waals surface area contributed by atoms with Gasteiger partial charge in [0, 0.05) is 24.9 Å². The van der Waals surface area contributed by atoms with Crippen molar-refractivity contribution < 1.29 is 14.3 Å². The molecular formula is C19H25NO3. The molecule has 4 heteroatoms. The number of methoxy groups -OCH3 is 1. The van der Waals surface area contributed by atoms with E-state index in [0.29, 0.717) is 17.9 Å². The third kappa shape index (κ3) is 5.89. The number of allylic oxidation sites excluding steroid dienone is 1. The number of Topliss-reactive ketones (excluding diaryl/α,β-unsaturated/α-hetero) is 1. The van der Waals surface area contributed by atoms with E-state index in [9.17, 15) is 9.59 Å². The highest BCUT2D eigenvalue weighted by Gasteiger charge is 2.10. The maximum Gasteiger partial charge on any atom is 0.220 e. The molecule has 0 spiro atoms. The van der Waals surface area contributed by atoms with E-state index in [2.05, 4.69) is 11.4 Å². The molecule has 0 bridgehead atoms. The van der Waals surface area contributed by atoms with Gasteiger partial charge in [-0.05, 0) is 44.2 Å². The molecule has 1 amide bonds. The van der Waals surface area contributed by atoms with Crippen molar-refractivity contribution >= 4 is 11.7 Å². The lowest BCUT2D eigenvalue weighted by Crippen LogP contribution is -2.25. The van der Waals surface area contributed by atoms with E-state index in [1.807, 2.05) is 0 Å². The summed E-state index contributed by atoms with van der Waals surface area (Å²) in [5.41, 5.74) is 2.04. The minimum atomic E-state index is -0.0577. The number of amides is 1. The number of benzene rings is 1. The predicted molar refractivity (Wildman–Crippen MR) is 90.7 cm³/mol. The molecule has 0 atom stereocenters. The number of ether oxygens (including phenoxy) is 1. The van der Waals surface area contributed by atoms with Gasteiger partial charge in [0.15, 0.2) is 5.78 Å². The molecule has 0 aliphatic heterocycles. The van der Waals surface area contributed by atoms with Crippen molar-refractivity contribution in [3.63, 3.8) is 0 Å². The fourth-order valence-corrected chi connectivity index (χ4v) is 2.75. The number of ketones is 1. The fourth-order valence-electron chi connectivity index (χ4n) is 2.75. The number of nitrogens with one attached hydrogen (secondary N) is 1. The van der Waals surface area contributed by atoms with Crippen molar-refractivity contribution in [2.24, 2.45) is 0 Å². The molecule has 1 aromatic rings. The lowest BCUT2D eigenvalue weighted by molar-refractivity contribution is -0.121. The molecule has 2 rings (SSSR count). The highest BCUT2D eigenvalue weighted by atomic mass is 16.5. The van der Waals surface area contributed by atoms with Crippen LogP contribution < -0.4 is 10.1 Å². The number of carbonyl (C=O) groups excluding carboxylic acids is 2. The zero-order chi connectivity index (χ0) is 16.5. The lowest BCUT2D eigenvalue weighted by Gasteiger charge is -2.12. The monoisotopic (exact) mass is 315 g/mol. The van der Waals surface area contributed by atoms with Gasteiger partial charge in [-0.25, -0.2) is 0 Å². The third-order valence-corrected chi connectivity index (χ3v) is 4.12. The fraction of sp³-hybridized carbons (Fsp3) is 0.474. The summed E-state index contributed by atoms with van der Waals surface area (Å²) in [4.78, 5) is 23.9. The molecule has 124 valence electrons. The van der Waals surface area contributed by atoms with Gasteiger partial charge in [0.05, 0.1) is 7.11 Å². The van der Waals surface area contributed by atoms with Crippen LogP contribution in [0, 0.1) is 0 Å². The average Bonchev–Trinajstić information content (AvgIpc) is 2.60. The second-order valence-corrected chi connectivity index (χ2v) is 5.86. The normalized spacial score (nSPS) is 14.0. The van der Waals surface area contributed by atoms with Crippen molar-refractivity contribution in [1.29, 1.82) is 0 Å². The first-order chi connectivity index (χ1) is 11.2. The van der Waals surface area contributed by atoms with E-state index in [0.717, 1.165) is 19.3 Å². The van der Waals surface area contributed by atoms with Gasteiger partial charge in [0.25, 0.3) is 0 Å². The van der Waals surface area contributed by atoms with Crippen LogP contribution in [0.2, 0.25) is 0 Å². The first-order valence-corrected chi connectivity index (χ1v) is 8.31. The summed E-state index contributed by atoms with van der Waals surface area (Å²) in [5.74, 6) is 0.563. The van der Waals surface area contributed by atoms with E-state index in [1.165, 1.54) is 18.4 Å². The zero-order valence-corrected chi connectivity index (χ0v) is 13.8. The van der Waals surface area contributed by atoms with E-state index >= 15 is 0 Å². The van der Waals surface area contributed by atoms with Crippen LogP contribution >= 0.6 is 0 Å². The molecule has 0 saturated carbocycles. The van der Waals surface area contributed by atoms with E-state index in [-0.39, 0.29) is 24.5 Å². The van der Waals surface area contributed by atoms with Crippen LogP contribution in [0.15, 0.2) is 35.9 Å². The third-order valence-electron chi connectivity index (χ3n) is 4.12. The van der Waals surface area contributed by atoms with Gasteiger partial charge in [-0.15, -0.1) is 0 Å². The van der Waals surface area contributed by atoms with Crippen molar-refractivity contribution in [3.05, 3.63) is 41.5 Å². The Kier molecular flexibility index (Phi) is 6.85. The minimum absolute atomic E-state index is 0.0333. The summed E-state index contributed by atoms with van der Waals surface area (Å²) >= 11 is 0. The van der Waals surface area contributed by atoms with Gasteiger partial charge < -0.3 is 10.1 Å². The van der Waals surface area contributed by atoms with Gasteiger partial charge >= 0.3 is 0 Å². The summed E-state index contributed by atoms with van der Waals surface area (Å²) in [6.07, 6.45) is 8.54. The molecular weight excluding hydrogens is 290 g/mol. The average molecular weight is 315 g/mol. The molecule has 4 nitrogen and oxygen atoms in total. The Morgan fingerprint density at radius 1 is 1.22 bits per heavy atom. The van der Waals surface area contributed by atoms with E-state index < -0.39 is 0 Å². The van der Waals surface area contributed by atoms with Crippen LogP contribution in [0.25, 0.3) is 0 Å². The molecule has 1 aromatic carbocycles. The molecule has 0 unspecified atom stereocenters. The van der Waals surface area contributed by atoms with Crippen molar-refractivity contribution in [2.75, 3.05) is 13.7 Å². The molecule has 1 N–H and O–H groups in total. The SMILES string of the molecule is COc1cccc(C(=O)CCC(=O)NCCC2=CCCCC2)c1. The quantitative estimate of drug-likeness (QED) is 0.588. The number of hydrogen-bond acceptors (Lipinski definition) is 3. The molecule has 0 aromatic heterocycles. The summed E-state index contributed by atoms with van der Waals surface area (Å²) in [6.45, 7) is 0.665. The Labute approximate surface area is 137 Å². The molecule has 0 heterocycles. The molecule has 1 aliphatic rings. The summed E-state index contributed by atoms with van der Waals surface area (Å²) in [5, 5.41) is 2.90. The Bertz CT molecular complexity index is 578. The maximum absolute atomic E-state index is 12.1. The van der Waals surface area contributed by atoms with E-state index in [1.54, 1.807) is 31.4 Å². The molecule has 0 saturated heterocycles. The second-order valence-electron chi connectivity index (χ2n) is 5.86. The largest absolute Gasteiger partial charge is 0.497 e. The van der Waals surface area contributed by atoms with Crippen molar-refractivity contribution in [3.8, 4) is 5.75 Å². The van der Waals surface area contributed by atoms with Gasteiger partial charge in [-0.1, -0.05) is 23.8 Å². The number of hydrogen-bond donors (Lipinski definition) is 1. The summed E-state index contributed by atoms with van der Waals surface area (Å²) in [7, 11) is 1.57. The highest BCUT2D eigenvalue weighted by molar-refractivity contribution is 5.98. The molecule has 0 radical (unpaired) electrons. The topological polar surface area (TPSA) is 55.4 Å². The van der Waals surface area contributed by atoms with Crippen LogP contribution in [-0.4, -0.2) is 25.3 Å². The van der Waals surface area contributed by atoms with Crippen LogP contribution in [-0.2, 0) is 4.79 Å². The first-order valence-electron chi connectivity index (χ1n) is 8.31. The van der Waals surface area contributed by atoms with Gasteiger partial charge in [-0.3, -0.25) is 9.59 Å². The minimum Gasteiger partial charge on any atom is -0.497 e. The van der Waals surface area contributed by atoms with Gasteiger partial charge in [0.1, 0.15) is 5.75 Å².